The number of rotatable bonds is 5. The van der Waals surface area contributed by atoms with Crippen LogP contribution in [0.1, 0.15) is 37.5 Å². The number of benzene rings is 1. The number of amides is 1. The van der Waals surface area contributed by atoms with Crippen LogP contribution in [0.25, 0.3) is 11.0 Å². The average Bonchev–Trinajstić information content (AvgIpc) is 2.89. The summed E-state index contributed by atoms with van der Waals surface area (Å²) >= 11 is 0. The highest BCUT2D eigenvalue weighted by atomic mass is 19.1. The maximum atomic E-state index is 13.3. The number of hydrogen-bond acceptors (Lipinski definition) is 3. The second kappa shape index (κ2) is 7.34. The van der Waals surface area contributed by atoms with Gasteiger partial charge in [-0.2, -0.15) is 0 Å². The molecular formula is C19H25FN2O2. The molecule has 0 spiro atoms. The molecule has 1 unspecified atom stereocenters. The predicted octanol–water partition coefficient (Wildman–Crippen LogP) is 3.52. The third-order valence-corrected chi connectivity index (χ3v) is 5.14. The van der Waals surface area contributed by atoms with E-state index in [1.54, 1.807) is 6.07 Å². The Morgan fingerprint density at radius 3 is 2.92 bits per heavy atom. The molecule has 1 aromatic heterocycles. The monoisotopic (exact) mass is 332 g/mol. The van der Waals surface area contributed by atoms with Crippen molar-refractivity contribution in [3.63, 3.8) is 0 Å². The third kappa shape index (κ3) is 3.78. The summed E-state index contributed by atoms with van der Waals surface area (Å²) in [6, 6.07) is 4.48. The van der Waals surface area contributed by atoms with Gasteiger partial charge in [-0.25, -0.2) is 4.39 Å². The Balaban J connectivity index is 1.57. The van der Waals surface area contributed by atoms with E-state index >= 15 is 0 Å². The van der Waals surface area contributed by atoms with Crippen molar-refractivity contribution in [3.8, 4) is 0 Å². The zero-order valence-electron chi connectivity index (χ0n) is 14.3. The van der Waals surface area contributed by atoms with Crippen LogP contribution >= 0.6 is 0 Å². The molecule has 0 aliphatic carbocycles. The Labute approximate surface area is 141 Å². The fraction of sp³-hybridized carbons (Fsp3) is 0.526. The van der Waals surface area contributed by atoms with E-state index in [9.17, 15) is 9.18 Å². The van der Waals surface area contributed by atoms with E-state index in [0.29, 0.717) is 36.1 Å². The maximum Gasteiger partial charge on any atom is 0.220 e. The standard InChI is InChI=1S/C19H25FN2O2/c1-12(14-5-7-21-8-6-14)9-19(23)22-11-18-13(2)16-10-15(20)3-4-17(16)24-18/h3-4,10,12,14,21H,5-9,11H2,1-2H3,(H,22,23). The van der Waals surface area contributed by atoms with E-state index < -0.39 is 0 Å². The molecule has 1 amide bonds. The summed E-state index contributed by atoms with van der Waals surface area (Å²) < 4.78 is 19.1. The molecule has 2 heterocycles. The topological polar surface area (TPSA) is 54.3 Å². The van der Waals surface area contributed by atoms with E-state index in [4.69, 9.17) is 4.42 Å². The van der Waals surface area contributed by atoms with Gasteiger partial charge in [-0.05, 0) is 62.9 Å². The maximum absolute atomic E-state index is 13.3. The van der Waals surface area contributed by atoms with Crippen LogP contribution in [0.4, 0.5) is 4.39 Å². The van der Waals surface area contributed by atoms with Crippen LogP contribution in [0.15, 0.2) is 22.6 Å². The molecule has 4 nitrogen and oxygen atoms in total. The zero-order valence-corrected chi connectivity index (χ0v) is 14.3. The highest BCUT2D eigenvalue weighted by molar-refractivity contribution is 5.82. The minimum atomic E-state index is -0.280. The molecule has 2 aromatic rings. The van der Waals surface area contributed by atoms with Crippen molar-refractivity contribution in [2.24, 2.45) is 11.8 Å². The van der Waals surface area contributed by atoms with Gasteiger partial charge in [-0.3, -0.25) is 4.79 Å². The number of piperidine rings is 1. The molecule has 1 saturated heterocycles. The Bertz CT molecular complexity index is 719. The summed E-state index contributed by atoms with van der Waals surface area (Å²) in [6.45, 7) is 6.49. The van der Waals surface area contributed by atoms with Crippen molar-refractivity contribution in [1.82, 2.24) is 10.6 Å². The molecule has 0 bridgehead atoms. The van der Waals surface area contributed by atoms with Gasteiger partial charge in [0.15, 0.2) is 0 Å². The Hall–Kier alpha value is -1.88. The summed E-state index contributed by atoms with van der Waals surface area (Å²) in [5, 5.41) is 7.06. The quantitative estimate of drug-likeness (QED) is 0.881. The van der Waals surface area contributed by atoms with E-state index in [0.717, 1.165) is 36.9 Å². The number of halogens is 1. The minimum absolute atomic E-state index is 0.0482. The van der Waals surface area contributed by atoms with Gasteiger partial charge in [0.2, 0.25) is 5.91 Å². The first-order valence-corrected chi connectivity index (χ1v) is 8.69. The first-order chi connectivity index (χ1) is 11.5. The smallest absolute Gasteiger partial charge is 0.220 e. The molecule has 0 saturated carbocycles. The van der Waals surface area contributed by atoms with E-state index in [1.807, 2.05) is 6.92 Å². The van der Waals surface area contributed by atoms with E-state index in [2.05, 4.69) is 17.6 Å². The first-order valence-electron chi connectivity index (χ1n) is 8.69. The van der Waals surface area contributed by atoms with Crippen molar-refractivity contribution < 1.29 is 13.6 Å². The zero-order chi connectivity index (χ0) is 17.1. The molecule has 1 aliphatic rings. The fourth-order valence-corrected chi connectivity index (χ4v) is 3.54. The Morgan fingerprint density at radius 1 is 1.42 bits per heavy atom. The average molecular weight is 332 g/mol. The van der Waals surface area contributed by atoms with Gasteiger partial charge in [0.05, 0.1) is 6.54 Å². The molecule has 130 valence electrons. The highest BCUT2D eigenvalue weighted by Gasteiger charge is 2.22. The molecule has 5 heteroatoms. The lowest BCUT2D eigenvalue weighted by molar-refractivity contribution is -0.122. The first kappa shape index (κ1) is 17.0. The van der Waals surface area contributed by atoms with Gasteiger partial charge in [-0.15, -0.1) is 0 Å². The van der Waals surface area contributed by atoms with Gasteiger partial charge in [0, 0.05) is 17.4 Å². The van der Waals surface area contributed by atoms with Gasteiger partial charge in [-0.1, -0.05) is 6.92 Å². The number of carbonyl (C=O) groups excluding carboxylic acids is 1. The summed E-state index contributed by atoms with van der Waals surface area (Å²) in [4.78, 5) is 12.2. The number of furan rings is 1. The van der Waals surface area contributed by atoms with E-state index in [-0.39, 0.29) is 11.7 Å². The van der Waals surface area contributed by atoms with Crippen LogP contribution < -0.4 is 10.6 Å². The molecule has 1 aromatic carbocycles. The van der Waals surface area contributed by atoms with E-state index in [1.165, 1.54) is 12.1 Å². The van der Waals surface area contributed by atoms with Gasteiger partial charge in [0.1, 0.15) is 17.2 Å². The number of fused-ring (bicyclic) bond motifs is 1. The molecule has 0 radical (unpaired) electrons. The predicted molar refractivity (Wildman–Crippen MR) is 92.1 cm³/mol. The molecule has 2 N–H and O–H groups in total. The summed E-state index contributed by atoms with van der Waals surface area (Å²) in [5.41, 5.74) is 1.54. The molecule has 3 rings (SSSR count). The lowest BCUT2D eigenvalue weighted by Crippen LogP contribution is -2.33. The normalized spacial score (nSPS) is 17.1. The summed E-state index contributed by atoms with van der Waals surface area (Å²) in [7, 11) is 0. The minimum Gasteiger partial charge on any atom is -0.459 e. The number of nitrogens with one attached hydrogen (secondary N) is 2. The SMILES string of the molecule is Cc1c(CNC(=O)CC(C)C2CCNCC2)oc2ccc(F)cc12. The van der Waals surface area contributed by atoms with Crippen LogP contribution in [0.3, 0.4) is 0 Å². The Kier molecular flexibility index (Phi) is 5.19. The van der Waals surface area contributed by atoms with Gasteiger partial charge < -0.3 is 15.1 Å². The Morgan fingerprint density at radius 2 is 2.17 bits per heavy atom. The number of carbonyl (C=O) groups is 1. The molecule has 1 fully saturated rings. The molecular weight excluding hydrogens is 307 g/mol. The van der Waals surface area contributed by atoms with Crippen LogP contribution in [-0.2, 0) is 11.3 Å². The summed E-state index contributed by atoms with van der Waals surface area (Å²) in [5.74, 6) is 1.47. The molecule has 1 aliphatic heterocycles. The van der Waals surface area contributed by atoms with Gasteiger partial charge in [0.25, 0.3) is 0 Å². The van der Waals surface area contributed by atoms with Crippen molar-refractivity contribution in [2.75, 3.05) is 13.1 Å². The lowest BCUT2D eigenvalue weighted by atomic mass is 9.84. The van der Waals surface area contributed by atoms with Gasteiger partial charge >= 0.3 is 0 Å². The second-order valence-electron chi connectivity index (χ2n) is 6.84. The van der Waals surface area contributed by atoms with Crippen LogP contribution in [0.2, 0.25) is 0 Å². The number of hydrogen-bond donors (Lipinski definition) is 2. The van der Waals surface area contributed by atoms with Crippen molar-refractivity contribution in [3.05, 3.63) is 35.3 Å². The van der Waals surface area contributed by atoms with Crippen molar-refractivity contribution >= 4 is 16.9 Å². The fourth-order valence-electron chi connectivity index (χ4n) is 3.54. The van der Waals surface area contributed by atoms with Crippen LogP contribution in [0, 0.1) is 24.6 Å². The van der Waals surface area contributed by atoms with Crippen molar-refractivity contribution in [1.29, 1.82) is 0 Å². The molecule has 24 heavy (non-hydrogen) atoms. The summed E-state index contributed by atoms with van der Waals surface area (Å²) in [6.07, 6.45) is 2.82. The lowest BCUT2D eigenvalue weighted by Gasteiger charge is -2.27. The number of aryl methyl sites for hydroxylation is 1. The van der Waals surface area contributed by atoms with Crippen LogP contribution in [-0.4, -0.2) is 19.0 Å². The van der Waals surface area contributed by atoms with Crippen LogP contribution in [0.5, 0.6) is 0 Å². The third-order valence-electron chi connectivity index (χ3n) is 5.14. The highest BCUT2D eigenvalue weighted by Crippen LogP contribution is 2.26. The second-order valence-corrected chi connectivity index (χ2v) is 6.84. The van der Waals surface area contributed by atoms with Crippen molar-refractivity contribution in [2.45, 2.75) is 39.7 Å². The molecule has 1 atom stereocenters. The largest absolute Gasteiger partial charge is 0.459 e.